The number of ether oxygens (including phenoxy) is 1. The Morgan fingerprint density at radius 2 is 2.08 bits per heavy atom. The van der Waals surface area contributed by atoms with Crippen LogP contribution in [-0.2, 0) is 9.53 Å². The van der Waals surface area contributed by atoms with Gasteiger partial charge in [0.05, 0.1) is 0 Å². The zero-order chi connectivity index (χ0) is 9.23. The molecule has 0 saturated heterocycles. The van der Waals surface area contributed by atoms with E-state index in [1.807, 2.05) is 18.2 Å². The summed E-state index contributed by atoms with van der Waals surface area (Å²) >= 11 is 0. The van der Waals surface area contributed by atoms with Crippen molar-refractivity contribution in [2.75, 3.05) is 6.61 Å². The normalized spacial score (nSPS) is 10.8. The average molecular weight is 166 g/mol. The highest BCUT2D eigenvalue weighted by Crippen LogP contribution is 1.84. The van der Waals surface area contributed by atoms with E-state index < -0.39 is 0 Å². The summed E-state index contributed by atoms with van der Waals surface area (Å²) in [5, 5.41) is 0. The van der Waals surface area contributed by atoms with Crippen LogP contribution in [0.3, 0.4) is 0 Å². The number of hydrogen-bond donors (Lipinski definition) is 0. The molecule has 0 aromatic carbocycles. The number of carbonyl (C=O) groups is 1. The summed E-state index contributed by atoms with van der Waals surface area (Å²) in [6, 6.07) is 0. The van der Waals surface area contributed by atoms with E-state index in [1.165, 1.54) is 0 Å². The third-order valence-electron chi connectivity index (χ3n) is 1.11. The molecule has 0 aliphatic heterocycles. The van der Waals surface area contributed by atoms with E-state index in [0.717, 1.165) is 12.5 Å². The van der Waals surface area contributed by atoms with Gasteiger partial charge in [0.15, 0.2) is 0 Å². The number of rotatable bonds is 5. The summed E-state index contributed by atoms with van der Waals surface area (Å²) in [6.07, 6.45) is 9.72. The summed E-state index contributed by atoms with van der Waals surface area (Å²) in [5.41, 5.74) is 0. The maximum atomic E-state index is 10.5. The van der Waals surface area contributed by atoms with Crippen molar-refractivity contribution >= 4 is 5.97 Å². The fraction of sp³-hybridized carbons (Fsp3) is 0.300. The lowest BCUT2D eigenvalue weighted by molar-refractivity contribution is -0.136. The molecular formula is C10H14O2. The average Bonchev–Trinajstić information content (AvgIpc) is 2.10. The molecule has 0 aromatic heterocycles. The van der Waals surface area contributed by atoms with Crippen LogP contribution in [0.15, 0.2) is 37.0 Å². The van der Waals surface area contributed by atoms with Crippen LogP contribution in [0.1, 0.15) is 13.3 Å². The standard InChI is InChI=1S/C10H14O2/c1-3-5-6-7-8-9-12-10(11)4-2/h4-8H,2-3,9H2,1H3/b6-5+,8-7+. The smallest absolute Gasteiger partial charge is 0.330 e. The van der Waals surface area contributed by atoms with E-state index in [0.29, 0.717) is 6.61 Å². The Bertz CT molecular complexity index is 190. The van der Waals surface area contributed by atoms with Gasteiger partial charge in [-0.3, -0.25) is 0 Å². The van der Waals surface area contributed by atoms with Gasteiger partial charge >= 0.3 is 5.97 Å². The predicted molar refractivity (Wildman–Crippen MR) is 49.7 cm³/mol. The van der Waals surface area contributed by atoms with Crippen LogP contribution < -0.4 is 0 Å². The highest BCUT2D eigenvalue weighted by molar-refractivity contribution is 5.81. The van der Waals surface area contributed by atoms with Crippen LogP contribution in [0, 0.1) is 0 Å². The number of esters is 1. The van der Waals surface area contributed by atoms with Gasteiger partial charge in [0.1, 0.15) is 6.61 Å². The third-order valence-corrected chi connectivity index (χ3v) is 1.11. The Morgan fingerprint density at radius 1 is 1.42 bits per heavy atom. The first-order valence-electron chi connectivity index (χ1n) is 3.92. The zero-order valence-electron chi connectivity index (χ0n) is 7.32. The molecule has 0 radical (unpaired) electrons. The first-order valence-corrected chi connectivity index (χ1v) is 3.92. The summed E-state index contributed by atoms with van der Waals surface area (Å²) in [7, 11) is 0. The molecule has 66 valence electrons. The second kappa shape index (κ2) is 7.79. The molecule has 0 rings (SSSR count). The van der Waals surface area contributed by atoms with Crippen molar-refractivity contribution in [1.29, 1.82) is 0 Å². The van der Waals surface area contributed by atoms with Gasteiger partial charge in [-0.1, -0.05) is 31.7 Å². The van der Waals surface area contributed by atoms with Crippen LogP contribution >= 0.6 is 0 Å². The monoisotopic (exact) mass is 166 g/mol. The van der Waals surface area contributed by atoms with Crippen molar-refractivity contribution in [3.05, 3.63) is 37.0 Å². The van der Waals surface area contributed by atoms with E-state index >= 15 is 0 Å². The molecule has 0 heterocycles. The molecule has 0 bridgehead atoms. The summed E-state index contributed by atoms with van der Waals surface area (Å²) in [5.74, 6) is -0.390. The molecule has 0 amide bonds. The quantitative estimate of drug-likeness (QED) is 0.355. The Kier molecular flexibility index (Phi) is 6.94. The second-order valence-electron chi connectivity index (χ2n) is 2.10. The number of allylic oxidation sites excluding steroid dienone is 3. The Hall–Kier alpha value is -1.31. The van der Waals surface area contributed by atoms with Gasteiger partial charge in [-0.05, 0) is 12.5 Å². The summed E-state index contributed by atoms with van der Waals surface area (Å²) in [4.78, 5) is 10.5. The molecule has 2 nitrogen and oxygen atoms in total. The van der Waals surface area contributed by atoms with Crippen LogP contribution in [0.25, 0.3) is 0 Å². The molecule has 0 fully saturated rings. The predicted octanol–water partition coefficient (Wildman–Crippen LogP) is 2.24. The summed E-state index contributed by atoms with van der Waals surface area (Å²) < 4.78 is 4.69. The number of carbonyl (C=O) groups excluding carboxylic acids is 1. The van der Waals surface area contributed by atoms with E-state index in [1.54, 1.807) is 6.08 Å². The highest BCUT2D eigenvalue weighted by atomic mass is 16.5. The zero-order valence-corrected chi connectivity index (χ0v) is 7.32. The van der Waals surface area contributed by atoms with Crippen LogP contribution in [0.4, 0.5) is 0 Å². The Morgan fingerprint density at radius 3 is 2.67 bits per heavy atom. The van der Waals surface area contributed by atoms with E-state index in [2.05, 4.69) is 13.5 Å². The van der Waals surface area contributed by atoms with E-state index in [-0.39, 0.29) is 5.97 Å². The largest absolute Gasteiger partial charge is 0.458 e. The van der Waals surface area contributed by atoms with Gasteiger partial charge in [0.2, 0.25) is 0 Å². The third kappa shape index (κ3) is 6.81. The molecule has 0 aliphatic carbocycles. The van der Waals surface area contributed by atoms with Crippen LogP contribution in [-0.4, -0.2) is 12.6 Å². The van der Waals surface area contributed by atoms with Crippen molar-refractivity contribution in [3.63, 3.8) is 0 Å². The van der Waals surface area contributed by atoms with Crippen molar-refractivity contribution in [2.45, 2.75) is 13.3 Å². The minimum Gasteiger partial charge on any atom is -0.458 e. The van der Waals surface area contributed by atoms with Gasteiger partial charge in [-0.2, -0.15) is 0 Å². The van der Waals surface area contributed by atoms with Crippen molar-refractivity contribution in [1.82, 2.24) is 0 Å². The molecule has 0 N–H and O–H groups in total. The molecular weight excluding hydrogens is 152 g/mol. The first kappa shape index (κ1) is 10.7. The van der Waals surface area contributed by atoms with Gasteiger partial charge in [0, 0.05) is 6.08 Å². The molecule has 0 aromatic rings. The van der Waals surface area contributed by atoms with Crippen molar-refractivity contribution in [2.24, 2.45) is 0 Å². The molecule has 0 aliphatic rings. The molecule has 0 saturated carbocycles. The minimum atomic E-state index is -0.390. The van der Waals surface area contributed by atoms with Gasteiger partial charge < -0.3 is 4.74 Å². The maximum Gasteiger partial charge on any atom is 0.330 e. The first-order chi connectivity index (χ1) is 5.81. The van der Waals surface area contributed by atoms with Gasteiger partial charge in [-0.15, -0.1) is 0 Å². The fourth-order valence-corrected chi connectivity index (χ4v) is 0.538. The lowest BCUT2D eigenvalue weighted by Crippen LogP contribution is -1.98. The van der Waals surface area contributed by atoms with Crippen LogP contribution in [0.2, 0.25) is 0 Å². The minimum absolute atomic E-state index is 0.304. The molecule has 0 unspecified atom stereocenters. The van der Waals surface area contributed by atoms with E-state index in [4.69, 9.17) is 4.74 Å². The van der Waals surface area contributed by atoms with Crippen molar-refractivity contribution in [3.8, 4) is 0 Å². The van der Waals surface area contributed by atoms with Crippen molar-refractivity contribution < 1.29 is 9.53 Å². The van der Waals surface area contributed by atoms with Gasteiger partial charge in [0.25, 0.3) is 0 Å². The Labute approximate surface area is 73.2 Å². The molecule has 0 spiro atoms. The van der Waals surface area contributed by atoms with E-state index in [9.17, 15) is 4.79 Å². The fourth-order valence-electron chi connectivity index (χ4n) is 0.538. The molecule has 12 heavy (non-hydrogen) atoms. The van der Waals surface area contributed by atoms with Gasteiger partial charge in [-0.25, -0.2) is 4.79 Å². The lowest BCUT2D eigenvalue weighted by atomic mass is 10.4. The van der Waals surface area contributed by atoms with Crippen LogP contribution in [0.5, 0.6) is 0 Å². The highest BCUT2D eigenvalue weighted by Gasteiger charge is 1.88. The maximum absolute atomic E-state index is 10.5. The topological polar surface area (TPSA) is 26.3 Å². The number of hydrogen-bond acceptors (Lipinski definition) is 2. The molecule has 2 heteroatoms. The summed E-state index contributed by atoms with van der Waals surface area (Å²) in [6.45, 7) is 5.64. The second-order valence-corrected chi connectivity index (χ2v) is 2.10. The Balaban J connectivity index is 3.42. The SMILES string of the molecule is C=CC(=O)OC/C=C/C=C/CC. The lowest BCUT2D eigenvalue weighted by Gasteiger charge is -1.93. The molecule has 0 atom stereocenters.